The Morgan fingerprint density at radius 3 is 1.77 bits per heavy atom. The zero-order valence-electron chi connectivity index (χ0n) is 5.99. The molecular weight excluding hydrogens is 317 g/mol. The van der Waals surface area contributed by atoms with E-state index >= 15 is 0 Å². The molecule has 0 amide bonds. The molecule has 0 heterocycles. The van der Waals surface area contributed by atoms with Crippen LogP contribution >= 0.6 is 31.9 Å². The van der Waals surface area contributed by atoms with Gasteiger partial charge in [-0.15, -0.1) is 0 Å². The van der Waals surface area contributed by atoms with E-state index in [1.807, 2.05) is 0 Å². The van der Waals surface area contributed by atoms with Crippen LogP contribution in [0.1, 0.15) is 5.56 Å². The van der Waals surface area contributed by atoms with Gasteiger partial charge in [-0.1, -0.05) is 0 Å². The summed E-state index contributed by atoms with van der Waals surface area (Å²) in [5.41, 5.74) is -0.816. The van der Waals surface area contributed by atoms with Crippen molar-refractivity contribution in [3.63, 3.8) is 0 Å². The summed E-state index contributed by atoms with van der Waals surface area (Å²) in [6, 6.07) is 1.64. The van der Waals surface area contributed by atoms with E-state index in [9.17, 15) is 13.2 Å². The van der Waals surface area contributed by atoms with E-state index in [0.717, 1.165) is 12.1 Å². The third kappa shape index (κ3) is 2.37. The van der Waals surface area contributed by atoms with Gasteiger partial charge < -0.3 is 5.11 Å². The highest BCUT2D eigenvalue weighted by Gasteiger charge is 2.31. The van der Waals surface area contributed by atoms with Crippen LogP contribution in [0.3, 0.4) is 0 Å². The minimum absolute atomic E-state index is 0.00852. The van der Waals surface area contributed by atoms with Gasteiger partial charge in [-0.2, -0.15) is 13.2 Å². The van der Waals surface area contributed by atoms with E-state index in [0.29, 0.717) is 0 Å². The van der Waals surface area contributed by atoms with Gasteiger partial charge in [-0.3, -0.25) is 0 Å². The summed E-state index contributed by atoms with van der Waals surface area (Å²) in [7, 11) is 0. The molecule has 1 rings (SSSR count). The molecule has 0 spiro atoms. The van der Waals surface area contributed by atoms with Crippen molar-refractivity contribution in [2.75, 3.05) is 0 Å². The lowest BCUT2D eigenvalue weighted by Crippen LogP contribution is -2.04. The van der Waals surface area contributed by atoms with Gasteiger partial charge >= 0.3 is 6.18 Å². The lowest BCUT2D eigenvalue weighted by Gasteiger charge is -2.08. The van der Waals surface area contributed by atoms with Crippen molar-refractivity contribution in [3.8, 4) is 5.75 Å². The van der Waals surface area contributed by atoms with Crippen LogP contribution in [0, 0.1) is 0 Å². The Kier molecular flexibility index (Phi) is 2.91. The third-order valence-electron chi connectivity index (χ3n) is 1.34. The summed E-state index contributed by atoms with van der Waals surface area (Å²) >= 11 is 5.62. The molecule has 6 heteroatoms. The Morgan fingerprint density at radius 2 is 1.46 bits per heavy atom. The molecule has 0 saturated heterocycles. The molecule has 0 aromatic heterocycles. The van der Waals surface area contributed by atoms with Gasteiger partial charge in [0.05, 0.1) is 14.5 Å². The molecule has 13 heavy (non-hydrogen) atoms. The molecule has 1 aromatic rings. The monoisotopic (exact) mass is 318 g/mol. The summed E-state index contributed by atoms with van der Waals surface area (Å²) in [6.07, 6.45) is -4.40. The number of phenols is 1. The largest absolute Gasteiger partial charge is 0.506 e. The van der Waals surface area contributed by atoms with Crippen LogP contribution in [0.15, 0.2) is 21.1 Å². The van der Waals surface area contributed by atoms with E-state index < -0.39 is 11.7 Å². The molecule has 0 bridgehead atoms. The Labute approximate surface area is 88.8 Å². The molecule has 0 aliphatic heterocycles. The predicted molar refractivity (Wildman–Crippen MR) is 48.5 cm³/mol. The van der Waals surface area contributed by atoms with Gasteiger partial charge in [-0.25, -0.2) is 0 Å². The molecular formula is C7H3Br2F3O. The molecule has 0 atom stereocenters. The molecule has 0 saturated carbocycles. The van der Waals surface area contributed by atoms with Crippen molar-refractivity contribution >= 4 is 31.9 Å². The number of aromatic hydroxyl groups is 1. The highest BCUT2D eigenvalue weighted by atomic mass is 79.9. The first-order valence-corrected chi connectivity index (χ1v) is 4.66. The summed E-state index contributed by atoms with van der Waals surface area (Å²) in [6.45, 7) is 0. The fraction of sp³-hybridized carbons (Fsp3) is 0.143. The zero-order valence-corrected chi connectivity index (χ0v) is 9.16. The molecule has 0 fully saturated rings. The maximum Gasteiger partial charge on any atom is 0.416 e. The lowest BCUT2D eigenvalue weighted by atomic mass is 10.2. The lowest BCUT2D eigenvalue weighted by molar-refractivity contribution is -0.137. The molecule has 0 radical (unpaired) electrons. The quantitative estimate of drug-likeness (QED) is 0.768. The van der Waals surface area contributed by atoms with E-state index in [1.54, 1.807) is 0 Å². The summed E-state index contributed by atoms with van der Waals surface area (Å²) in [5, 5.41) is 9.14. The predicted octanol–water partition coefficient (Wildman–Crippen LogP) is 3.94. The van der Waals surface area contributed by atoms with Crippen LogP contribution in [-0.4, -0.2) is 5.11 Å². The molecule has 72 valence electrons. The van der Waals surface area contributed by atoms with Crippen LogP contribution in [0.25, 0.3) is 0 Å². The van der Waals surface area contributed by atoms with Gasteiger partial charge in [0.25, 0.3) is 0 Å². The van der Waals surface area contributed by atoms with Crippen molar-refractivity contribution in [1.82, 2.24) is 0 Å². The Bertz CT molecular complexity index is 312. The third-order valence-corrected chi connectivity index (χ3v) is 2.55. The van der Waals surface area contributed by atoms with Crippen LogP contribution in [0.4, 0.5) is 13.2 Å². The van der Waals surface area contributed by atoms with Crippen LogP contribution in [0.5, 0.6) is 5.75 Å². The smallest absolute Gasteiger partial charge is 0.416 e. The van der Waals surface area contributed by atoms with Gasteiger partial charge in [0.2, 0.25) is 0 Å². The normalized spacial score (nSPS) is 11.8. The SMILES string of the molecule is Oc1c(Br)cc(C(F)(F)F)cc1Br. The van der Waals surface area contributed by atoms with Gasteiger partial charge in [0.1, 0.15) is 5.75 Å². The van der Waals surface area contributed by atoms with E-state index in [1.165, 1.54) is 0 Å². The number of halogens is 5. The topological polar surface area (TPSA) is 20.2 Å². The van der Waals surface area contributed by atoms with Crippen molar-refractivity contribution < 1.29 is 18.3 Å². The highest BCUT2D eigenvalue weighted by molar-refractivity contribution is 9.11. The minimum Gasteiger partial charge on any atom is -0.506 e. The molecule has 1 aromatic carbocycles. The van der Waals surface area contributed by atoms with Gasteiger partial charge in [0.15, 0.2) is 0 Å². The van der Waals surface area contributed by atoms with Crippen LogP contribution < -0.4 is 0 Å². The zero-order chi connectivity index (χ0) is 10.2. The summed E-state index contributed by atoms with van der Waals surface area (Å²) in [5.74, 6) is -0.243. The first-order chi connectivity index (χ1) is 5.82. The molecule has 1 nitrogen and oxygen atoms in total. The van der Waals surface area contributed by atoms with E-state index in [-0.39, 0.29) is 14.7 Å². The maximum atomic E-state index is 12.2. The fourth-order valence-corrected chi connectivity index (χ4v) is 1.92. The summed E-state index contributed by atoms with van der Waals surface area (Å²) in [4.78, 5) is 0. The second kappa shape index (κ2) is 3.49. The number of hydrogen-bond acceptors (Lipinski definition) is 1. The Hall–Kier alpha value is -0.230. The van der Waals surface area contributed by atoms with Crippen molar-refractivity contribution in [2.45, 2.75) is 6.18 Å². The van der Waals surface area contributed by atoms with E-state index in [4.69, 9.17) is 5.11 Å². The molecule has 1 N–H and O–H groups in total. The Balaban J connectivity index is 3.29. The van der Waals surface area contributed by atoms with Crippen LogP contribution in [-0.2, 0) is 6.18 Å². The maximum absolute atomic E-state index is 12.2. The number of rotatable bonds is 0. The highest BCUT2D eigenvalue weighted by Crippen LogP contribution is 2.39. The van der Waals surface area contributed by atoms with Crippen molar-refractivity contribution in [2.24, 2.45) is 0 Å². The van der Waals surface area contributed by atoms with Crippen LogP contribution in [0.2, 0.25) is 0 Å². The molecule has 0 aliphatic carbocycles. The average molecular weight is 320 g/mol. The van der Waals surface area contributed by atoms with E-state index in [2.05, 4.69) is 31.9 Å². The second-order valence-corrected chi connectivity index (χ2v) is 3.99. The van der Waals surface area contributed by atoms with Gasteiger partial charge in [0, 0.05) is 0 Å². The average Bonchev–Trinajstić information content (AvgIpc) is 1.97. The fourth-order valence-electron chi connectivity index (χ4n) is 0.729. The van der Waals surface area contributed by atoms with Crippen molar-refractivity contribution in [1.29, 1.82) is 0 Å². The van der Waals surface area contributed by atoms with Crippen molar-refractivity contribution in [3.05, 3.63) is 26.6 Å². The number of benzene rings is 1. The second-order valence-electron chi connectivity index (χ2n) is 2.29. The number of phenolic OH excluding ortho intramolecular Hbond substituents is 1. The molecule has 0 unspecified atom stereocenters. The first kappa shape index (κ1) is 10.8. The molecule has 0 aliphatic rings. The number of hydrogen-bond donors (Lipinski definition) is 1. The summed E-state index contributed by atoms with van der Waals surface area (Å²) < 4.78 is 36.5. The Morgan fingerprint density at radius 1 is 1.08 bits per heavy atom. The number of alkyl halides is 3. The standard InChI is InChI=1S/C7H3Br2F3O/c8-4-1-3(7(10,11)12)2-5(9)6(4)13/h1-2,13H. The first-order valence-electron chi connectivity index (χ1n) is 3.07. The minimum atomic E-state index is -4.40. The van der Waals surface area contributed by atoms with Gasteiger partial charge in [-0.05, 0) is 44.0 Å².